The van der Waals surface area contributed by atoms with E-state index in [1.165, 1.54) is 25.7 Å². The molecule has 0 aliphatic heterocycles. The first-order valence-corrected chi connectivity index (χ1v) is 8.05. The van der Waals surface area contributed by atoms with E-state index in [1.807, 2.05) is 13.8 Å². The van der Waals surface area contributed by atoms with Gasteiger partial charge in [0.15, 0.2) is 0 Å². The lowest BCUT2D eigenvalue weighted by molar-refractivity contribution is -0.132. The summed E-state index contributed by atoms with van der Waals surface area (Å²) in [5.41, 5.74) is 5.57. The topological polar surface area (TPSA) is 75.4 Å². The van der Waals surface area contributed by atoms with E-state index in [0.29, 0.717) is 25.4 Å². The van der Waals surface area contributed by atoms with Crippen LogP contribution in [-0.4, -0.2) is 43.4 Å². The normalized spacial score (nSPS) is 16.0. The molecule has 1 fully saturated rings. The summed E-state index contributed by atoms with van der Waals surface area (Å²) in [6.45, 7) is 5.26. The highest BCUT2D eigenvalue weighted by atomic mass is 16.2. The van der Waals surface area contributed by atoms with Crippen LogP contribution in [0.4, 0.5) is 0 Å². The molecule has 0 unspecified atom stereocenters. The summed E-state index contributed by atoms with van der Waals surface area (Å²) in [7, 11) is 1.75. The highest BCUT2D eigenvalue weighted by molar-refractivity contribution is 5.84. The average Bonchev–Trinajstić information content (AvgIpc) is 2.95. The van der Waals surface area contributed by atoms with Crippen molar-refractivity contribution in [1.82, 2.24) is 10.2 Å². The van der Waals surface area contributed by atoms with E-state index in [2.05, 4.69) is 5.32 Å². The van der Waals surface area contributed by atoms with Crippen LogP contribution in [0.15, 0.2) is 0 Å². The van der Waals surface area contributed by atoms with Crippen molar-refractivity contribution < 1.29 is 9.59 Å². The molecular weight excluding hydrogens is 266 g/mol. The van der Waals surface area contributed by atoms with Crippen LogP contribution in [0.5, 0.6) is 0 Å². The molecule has 1 aliphatic carbocycles. The predicted octanol–water partition coefficient (Wildman–Crippen LogP) is 1.52. The van der Waals surface area contributed by atoms with Gasteiger partial charge in [0.2, 0.25) is 11.8 Å². The highest BCUT2D eigenvalue weighted by Gasteiger charge is 2.21. The third-order valence-electron chi connectivity index (χ3n) is 4.33. The lowest BCUT2D eigenvalue weighted by atomic mass is 9.93. The lowest BCUT2D eigenvalue weighted by Crippen LogP contribution is -2.44. The number of nitrogens with two attached hydrogens (primary N) is 1. The molecule has 122 valence electrons. The molecule has 0 spiro atoms. The van der Waals surface area contributed by atoms with E-state index in [9.17, 15) is 9.59 Å². The highest BCUT2D eigenvalue weighted by Crippen LogP contribution is 2.28. The van der Waals surface area contributed by atoms with Gasteiger partial charge in [0.05, 0.1) is 6.54 Å². The minimum Gasteiger partial charge on any atom is -0.347 e. The Morgan fingerprint density at radius 2 is 1.90 bits per heavy atom. The van der Waals surface area contributed by atoms with Crippen molar-refractivity contribution in [1.29, 1.82) is 0 Å². The quantitative estimate of drug-likeness (QED) is 0.713. The van der Waals surface area contributed by atoms with Crippen molar-refractivity contribution in [2.45, 2.75) is 52.4 Å². The monoisotopic (exact) mass is 297 g/mol. The number of nitrogens with one attached hydrogen (secondary N) is 1. The molecule has 1 rings (SSSR count). The molecule has 1 aliphatic rings. The number of hydrogen-bond acceptors (Lipinski definition) is 3. The number of rotatable bonds is 8. The van der Waals surface area contributed by atoms with Crippen molar-refractivity contribution in [3.63, 3.8) is 0 Å². The second-order valence-electron chi connectivity index (χ2n) is 7.08. The van der Waals surface area contributed by atoms with E-state index >= 15 is 0 Å². The smallest absolute Gasteiger partial charge is 0.241 e. The van der Waals surface area contributed by atoms with Crippen LogP contribution in [0.1, 0.15) is 52.4 Å². The van der Waals surface area contributed by atoms with E-state index in [4.69, 9.17) is 5.73 Å². The average molecular weight is 297 g/mol. The van der Waals surface area contributed by atoms with Gasteiger partial charge in [-0.05, 0) is 24.3 Å². The first-order chi connectivity index (χ1) is 9.84. The van der Waals surface area contributed by atoms with Crippen LogP contribution >= 0.6 is 0 Å². The minimum atomic E-state index is -0.100. The predicted molar refractivity (Wildman–Crippen MR) is 84.7 cm³/mol. The Labute approximate surface area is 128 Å². The number of carbonyl (C=O) groups excluding carboxylic acids is 2. The molecule has 0 bridgehead atoms. The zero-order valence-corrected chi connectivity index (χ0v) is 13.8. The molecule has 1 saturated carbocycles. The van der Waals surface area contributed by atoms with E-state index in [1.54, 1.807) is 11.9 Å². The first-order valence-electron chi connectivity index (χ1n) is 8.05. The maximum atomic E-state index is 12.0. The van der Waals surface area contributed by atoms with Gasteiger partial charge in [0, 0.05) is 20.0 Å². The molecule has 0 atom stereocenters. The number of likely N-dealkylation sites (N-methyl/N-ethyl adjacent to an activating group) is 1. The largest absolute Gasteiger partial charge is 0.347 e. The van der Waals surface area contributed by atoms with Crippen LogP contribution in [0.2, 0.25) is 0 Å². The van der Waals surface area contributed by atoms with Crippen LogP contribution in [0.25, 0.3) is 0 Å². The third kappa shape index (κ3) is 6.93. The Morgan fingerprint density at radius 3 is 2.48 bits per heavy atom. The van der Waals surface area contributed by atoms with Crippen molar-refractivity contribution in [3.05, 3.63) is 0 Å². The Balaban J connectivity index is 2.20. The Hall–Kier alpha value is -1.10. The van der Waals surface area contributed by atoms with Crippen molar-refractivity contribution in [2.24, 2.45) is 17.1 Å². The first kappa shape index (κ1) is 18.0. The van der Waals surface area contributed by atoms with Crippen molar-refractivity contribution in [2.75, 3.05) is 26.7 Å². The fraction of sp³-hybridized carbons (Fsp3) is 0.875. The van der Waals surface area contributed by atoms with Gasteiger partial charge in [-0.2, -0.15) is 0 Å². The van der Waals surface area contributed by atoms with Crippen molar-refractivity contribution in [3.8, 4) is 0 Å². The van der Waals surface area contributed by atoms with Crippen LogP contribution in [-0.2, 0) is 9.59 Å². The SMILES string of the molecule is CN(CC(C)(C)CN)C(=O)CNC(=O)CCC1CCCC1. The Bertz CT molecular complexity index is 349. The molecule has 0 aromatic carbocycles. The lowest BCUT2D eigenvalue weighted by Gasteiger charge is -2.29. The van der Waals surface area contributed by atoms with E-state index in [0.717, 1.165) is 6.42 Å². The fourth-order valence-corrected chi connectivity index (χ4v) is 2.83. The van der Waals surface area contributed by atoms with Crippen LogP contribution in [0, 0.1) is 11.3 Å². The number of amides is 2. The van der Waals surface area contributed by atoms with E-state index < -0.39 is 0 Å². The van der Waals surface area contributed by atoms with Crippen molar-refractivity contribution >= 4 is 11.8 Å². The molecule has 5 nitrogen and oxygen atoms in total. The van der Waals surface area contributed by atoms with Gasteiger partial charge < -0.3 is 16.0 Å². The molecule has 0 aromatic rings. The number of hydrogen-bond donors (Lipinski definition) is 2. The van der Waals surface area contributed by atoms with Gasteiger partial charge in [0.1, 0.15) is 0 Å². The summed E-state index contributed by atoms with van der Waals surface area (Å²) in [5.74, 6) is 0.631. The van der Waals surface area contributed by atoms with Gasteiger partial charge in [-0.25, -0.2) is 0 Å². The molecule has 0 aromatic heterocycles. The summed E-state index contributed by atoms with van der Waals surface area (Å²) in [6.07, 6.45) is 6.59. The number of nitrogens with zero attached hydrogens (tertiary/aromatic N) is 1. The maximum Gasteiger partial charge on any atom is 0.241 e. The summed E-state index contributed by atoms with van der Waals surface area (Å²) < 4.78 is 0. The second-order valence-corrected chi connectivity index (χ2v) is 7.08. The zero-order valence-electron chi connectivity index (χ0n) is 13.8. The van der Waals surface area contributed by atoms with Gasteiger partial charge in [-0.15, -0.1) is 0 Å². The van der Waals surface area contributed by atoms with Gasteiger partial charge in [0.25, 0.3) is 0 Å². The van der Waals surface area contributed by atoms with Crippen LogP contribution in [0.3, 0.4) is 0 Å². The van der Waals surface area contributed by atoms with E-state index in [-0.39, 0.29) is 23.8 Å². The molecule has 5 heteroatoms. The zero-order chi connectivity index (χ0) is 15.9. The fourth-order valence-electron chi connectivity index (χ4n) is 2.83. The minimum absolute atomic E-state index is 0.0123. The molecule has 0 heterocycles. The van der Waals surface area contributed by atoms with Crippen LogP contribution < -0.4 is 11.1 Å². The van der Waals surface area contributed by atoms with Gasteiger partial charge in [-0.3, -0.25) is 9.59 Å². The summed E-state index contributed by atoms with van der Waals surface area (Å²) in [4.78, 5) is 25.4. The molecule has 2 amide bonds. The third-order valence-corrected chi connectivity index (χ3v) is 4.33. The Morgan fingerprint density at radius 1 is 1.29 bits per heavy atom. The summed E-state index contributed by atoms with van der Waals surface area (Å²) >= 11 is 0. The van der Waals surface area contributed by atoms with Gasteiger partial charge in [-0.1, -0.05) is 39.5 Å². The number of carbonyl (C=O) groups is 2. The molecule has 3 N–H and O–H groups in total. The van der Waals surface area contributed by atoms with Gasteiger partial charge >= 0.3 is 0 Å². The molecule has 21 heavy (non-hydrogen) atoms. The molecule has 0 saturated heterocycles. The molecule has 0 radical (unpaired) electrons. The standard InChI is InChI=1S/C16H31N3O2/c1-16(2,11-17)12-19(3)15(21)10-18-14(20)9-8-13-6-4-5-7-13/h13H,4-12,17H2,1-3H3,(H,18,20). The summed E-state index contributed by atoms with van der Waals surface area (Å²) in [6, 6.07) is 0. The second kappa shape index (κ2) is 8.37. The summed E-state index contributed by atoms with van der Waals surface area (Å²) in [5, 5.41) is 2.73. The Kier molecular flexibility index (Phi) is 7.15. The maximum absolute atomic E-state index is 12.0. The molecular formula is C16H31N3O2.